The molecule has 0 unspecified atom stereocenters. The van der Waals surface area contributed by atoms with Gasteiger partial charge in [-0.1, -0.05) is 56.3 Å². The van der Waals surface area contributed by atoms with Gasteiger partial charge in [0.05, 0.1) is 18.6 Å². The Morgan fingerprint density at radius 1 is 1.00 bits per heavy atom. The maximum atomic E-state index is 13.3. The highest BCUT2D eigenvalue weighted by Gasteiger charge is 2.18. The number of hydrogen-bond donors (Lipinski definition) is 0. The van der Waals surface area contributed by atoms with E-state index in [4.69, 9.17) is 4.74 Å². The van der Waals surface area contributed by atoms with E-state index >= 15 is 0 Å². The highest BCUT2D eigenvalue weighted by Crippen LogP contribution is 2.19. The van der Waals surface area contributed by atoms with Gasteiger partial charge in [0.1, 0.15) is 17.1 Å². The predicted octanol–water partition coefficient (Wildman–Crippen LogP) is 4.12. The molecule has 0 spiro atoms. The lowest BCUT2D eigenvalue weighted by molar-refractivity contribution is 0.289. The summed E-state index contributed by atoms with van der Waals surface area (Å²) in [5, 5.41) is 6.36. The molecule has 8 heteroatoms. The highest BCUT2D eigenvalue weighted by molar-refractivity contribution is 7.17. The van der Waals surface area contributed by atoms with Crippen molar-refractivity contribution in [3.8, 4) is 5.75 Å². The third-order valence-corrected chi connectivity index (χ3v) is 6.58. The van der Waals surface area contributed by atoms with Gasteiger partial charge in [-0.15, -0.1) is 16.4 Å². The molecular weight excluding hydrogens is 436 g/mol. The van der Waals surface area contributed by atoms with E-state index < -0.39 is 0 Å². The largest absolute Gasteiger partial charge is 0.492 e. The third-order valence-electron chi connectivity index (χ3n) is 5.69. The van der Waals surface area contributed by atoms with Gasteiger partial charge in [-0.05, 0) is 40.6 Å². The van der Waals surface area contributed by atoms with Crippen LogP contribution < -0.4 is 16.0 Å². The Balaban J connectivity index is 1.53. The van der Waals surface area contributed by atoms with Gasteiger partial charge in [-0.3, -0.25) is 9.36 Å². The first-order chi connectivity index (χ1) is 16.0. The lowest BCUT2D eigenvalue weighted by Crippen LogP contribution is -2.26. The van der Waals surface area contributed by atoms with Crippen LogP contribution in [0.5, 0.6) is 5.75 Å². The monoisotopic (exact) mass is 460 g/mol. The van der Waals surface area contributed by atoms with E-state index in [2.05, 4.69) is 31.1 Å². The second-order valence-electron chi connectivity index (χ2n) is 8.23. The number of fused-ring (bicyclic) bond motifs is 3. The quantitative estimate of drug-likeness (QED) is 0.366. The number of hydrogen-bond acceptors (Lipinski definition) is 5. The average Bonchev–Trinajstić information content (AvgIpc) is 3.43. The molecule has 0 aliphatic heterocycles. The maximum absolute atomic E-state index is 13.3. The minimum absolute atomic E-state index is 0.141. The molecule has 5 aromatic rings. The van der Waals surface area contributed by atoms with E-state index in [0.717, 1.165) is 11.3 Å². The highest BCUT2D eigenvalue weighted by atomic mass is 32.1. The molecule has 0 radical (unpaired) electrons. The first-order valence-electron chi connectivity index (χ1n) is 10.9. The summed E-state index contributed by atoms with van der Waals surface area (Å²) in [6.07, 6.45) is 0. The Hall–Kier alpha value is -3.65. The Kier molecular flexibility index (Phi) is 5.60. The number of para-hydroxylation sites is 1. The van der Waals surface area contributed by atoms with Crippen molar-refractivity contribution < 1.29 is 4.74 Å². The molecule has 33 heavy (non-hydrogen) atoms. The summed E-state index contributed by atoms with van der Waals surface area (Å²) in [4.78, 5) is 26.5. The number of benzene rings is 2. The van der Waals surface area contributed by atoms with Gasteiger partial charge in [-0.25, -0.2) is 13.9 Å². The van der Waals surface area contributed by atoms with Gasteiger partial charge >= 0.3 is 5.69 Å². The number of aromatic nitrogens is 4. The topological polar surface area (TPSA) is 70.5 Å². The molecule has 0 N–H and O–H groups in total. The molecule has 168 valence electrons. The van der Waals surface area contributed by atoms with Crippen LogP contribution in [-0.4, -0.2) is 25.4 Å². The molecule has 3 heterocycles. The van der Waals surface area contributed by atoms with E-state index in [1.807, 2.05) is 47.8 Å². The molecular formula is C25H24N4O3S. The number of nitrogens with zero attached hydrogens (tertiary/aromatic N) is 4. The molecule has 0 aliphatic rings. The Morgan fingerprint density at radius 3 is 2.48 bits per heavy atom. The Labute approximate surface area is 194 Å². The van der Waals surface area contributed by atoms with Crippen molar-refractivity contribution in [1.82, 2.24) is 18.7 Å². The second-order valence-corrected chi connectivity index (χ2v) is 9.14. The van der Waals surface area contributed by atoms with Crippen LogP contribution in [0.25, 0.3) is 16.0 Å². The molecule has 0 atom stereocenters. The zero-order valence-corrected chi connectivity index (χ0v) is 19.3. The van der Waals surface area contributed by atoms with Gasteiger partial charge in [0, 0.05) is 0 Å². The normalized spacial score (nSPS) is 11.6. The van der Waals surface area contributed by atoms with Crippen molar-refractivity contribution in [3.63, 3.8) is 0 Å². The van der Waals surface area contributed by atoms with Gasteiger partial charge in [0.15, 0.2) is 0 Å². The molecule has 7 nitrogen and oxygen atoms in total. The fourth-order valence-corrected chi connectivity index (χ4v) is 4.70. The third kappa shape index (κ3) is 3.98. The first kappa shape index (κ1) is 21.2. The van der Waals surface area contributed by atoms with Crippen molar-refractivity contribution >= 4 is 27.3 Å². The van der Waals surface area contributed by atoms with Gasteiger partial charge in [0.25, 0.3) is 5.56 Å². The van der Waals surface area contributed by atoms with E-state index in [9.17, 15) is 9.59 Å². The predicted molar refractivity (Wildman–Crippen MR) is 131 cm³/mol. The summed E-state index contributed by atoms with van der Waals surface area (Å²) in [5.41, 5.74) is 2.39. The van der Waals surface area contributed by atoms with Gasteiger partial charge in [-0.2, -0.15) is 0 Å². The second kappa shape index (κ2) is 8.71. The van der Waals surface area contributed by atoms with Crippen molar-refractivity contribution in [1.29, 1.82) is 0 Å². The summed E-state index contributed by atoms with van der Waals surface area (Å²) >= 11 is 1.34. The van der Waals surface area contributed by atoms with Crippen LogP contribution in [0.1, 0.15) is 30.9 Å². The molecule has 0 saturated heterocycles. The van der Waals surface area contributed by atoms with E-state index in [0.29, 0.717) is 35.1 Å². The smallest absolute Gasteiger partial charge is 0.352 e. The summed E-state index contributed by atoms with van der Waals surface area (Å²) < 4.78 is 10.8. The molecule has 0 fully saturated rings. The lowest BCUT2D eigenvalue weighted by Gasteiger charge is -2.10. The zero-order valence-electron chi connectivity index (χ0n) is 18.5. The van der Waals surface area contributed by atoms with Crippen molar-refractivity contribution in [2.45, 2.75) is 32.9 Å². The van der Waals surface area contributed by atoms with Crippen LogP contribution in [-0.2, 0) is 13.1 Å². The van der Waals surface area contributed by atoms with Crippen LogP contribution in [0.2, 0.25) is 0 Å². The Bertz CT molecular complexity index is 1530. The molecule has 0 bridgehead atoms. The lowest BCUT2D eigenvalue weighted by atomic mass is 10.0. The Morgan fingerprint density at radius 2 is 1.76 bits per heavy atom. The fraction of sp³-hybridized carbons (Fsp3) is 0.240. The van der Waals surface area contributed by atoms with Crippen LogP contribution in [0.15, 0.2) is 75.6 Å². The van der Waals surface area contributed by atoms with Crippen LogP contribution in [0, 0.1) is 0 Å². The van der Waals surface area contributed by atoms with Gasteiger partial charge in [0.2, 0.25) is 5.78 Å². The van der Waals surface area contributed by atoms with Crippen molar-refractivity contribution in [2.24, 2.45) is 0 Å². The average molecular weight is 461 g/mol. The van der Waals surface area contributed by atoms with Crippen LogP contribution in [0.3, 0.4) is 0 Å². The first-order valence-corrected chi connectivity index (χ1v) is 11.8. The van der Waals surface area contributed by atoms with Crippen LogP contribution >= 0.6 is 11.3 Å². The SMILES string of the molecule is CC(C)c1ccc(Cn2c(=O)c3sccc3n3c(=O)n(CCOc4ccccc4)nc23)cc1. The molecule has 3 aromatic heterocycles. The summed E-state index contributed by atoms with van der Waals surface area (Å²) in [6, 6.07) is 19.4. The number of rotatable bonds is 7. The maximum Gasteiger partial charge on any atom is 0.352 e. The minimum Gasteiger partial charge on any atom is -0.492 e. The molecule has 2 aromatic carbocycles. The molecule has 0 aliphatic carbocycles. The van der Waals surface area contributed by atoms with E-state index in [1.165, 1.54) is 26.0 Å². The molecule has 0 saturated carbocycles. The molecule has 0 amide bonds. The summed E-state index contributed by atoms with van der Waals surface area (Å²) in [7, 11) is 0. The minimum atomic E-state index is -0.283. The standard InChI is InChI=1S/C25H24N4O3S/c1-17(2)19-10-8-18(9-11-19)16-27-23(30)22-21(12-15-33-22)29-24(27)26-28(25(29)31)13-14-32-20-6-4-3-5-7-20/h3-12,15,17H,13-14,16H2,1-2H3. The van der Waals surface area contributed by atoms with Gasteiger partial charge < -0.3 is 4.74 Å². The van der Waals surface area contributed by atoms with E-state index in [-0.39, 0.29) is 17.8 Å². The zero-order chi connectivity index (χ0) is 22.9. The fourth-order valence-electron chi connectivity index (χ4n) is 3.88. The summed E-state index contributed by atoms with van der Waals surface area (Å²) in [6.45, 7) is 5.20. The number of ether oxygens (including phenoxy) is 1. The van der Waals surface area contributed by atoms with Crippen molar-refractivity contribution in [2.75, 3.05) is 6.61 Å². The summed E-state index contributed by atoms with van der Waals surface area (Å²) in [5.74, 6) is 1.50. The van der Waals surface area contributed by atoms with Crippen LogP contribution in [0.4, 0.5) is 0 Å². The number of thiophene rings is 1. The molecule has 5 rings (SSSR count). The van der Waals surface area contributed by atoms with Crippen molar-refractivity contribution in [3.05, 3.63) is 98.0 Å². The van der Waals surface area contributed by atoms with E-state index in [1.54, 1.807) is 10.6 Å².